The highest BCUT2D eigenvalue weighted by Gasteiger charge is 2.35. The van der Waals surface area contributed by atoms with Crippen molar-refractivity contribution in [2.75, 3.05) is 13.1 Å². The first kappa shape index (κ1) is 20.7. The number of thioether (sulfide) groups is 1. The highest BCUT2D eigenvalue weighted by Crippen LogP contribution is 2.37. The molecule has 1 aliphatic rings. The number of aliphatic hydroxyl groups is 1. The summed E-state index contributed by atoms with van der Waals surface area (Å²) < 4.78 is 1.63. The monoisotopic (exact) mass is 445 g/mol. The molecule has 0 aliphatic carbocycles. The summed E-state index contributed by atoms with van der Waals surface area (Å²) in [7, 11) is 0. The van der Waals surface area contributed by atoms with Crippen molar-refractivity contribution < 1.29 is 9.90 Å². The van der Waals surface area contributed by atoms with Crippen molar-refractivity contribution in [1.82, 2.24) is 14.5 Å². The highest BCUT2D eigenvalue weighted by molar-refractivity contribution is 8.00. The van der Waals surface area contributed by atoms with Crippen molar-refractivity contribution in [3.05, 3.63) is 82.6 Å². The summed E-state index contributed by atoms with van der Waals surface area (Å²) in [6.07, 6.45) is -0.471. The quantitative estimate of drug-likeness (QED) is 0.289. The van der Waals surface area contributed by atoms with Crippen LogP contribution in [0.4, 0.5) is 0 Å². The molecule has 1 saturated heterocycles. The van der Waals surface area contributed by atoms with Gasteiger partial charge in [0.15, 0.2) is 5.16 Å². The first-order chi connectivity index (χ1) is 15.5. The predicted molar refractivity (Wildman–Crippen MR) is 127 cm³/mol. The second kappa shape index (κ2) is 8.41. The van der Waals surface area contributed by atoms with Crippen LogP contribution in [0, 0.1) is 0 Å². The maximum absolute atomic E-state index is 13.3. The number of amides is 1. The van der Waals surface area contributed by atoms with Gasteiger partial charge in [0, 0.05) is 19.6 Å². The van der Waals surface area contributed by atoms with Crippen LogP contribution in [0.1, 0.15) is 17.7 Å². The zero-order valence-corrected chi connectivity index (χ0v) is 18.5. The lowest BCUT2D eigenvalue weighted by Gasteiger charge is -2.38. The van der Waals surface area contributed by atoms with Gasteiger partial charge >= 0.3 is 0 Å². The third kappa shape index (κ3) is 3.67. The smallest absolute Gasteiger partial charge is 0.262 e. The third-order valence-corrected chi connectivity index (χ3v) is 7.06. The van der Waals surface area contributed by atoms with Gasteiger partial charge in [-0.25, -0.2) is 4.98 Å². The van der Waals surface area contributed by atoms with Gasteiger partial charge < -0.3 is 10.0 Å². The van der Waals surface area contributed by atoms with Gasteiger partial charge in [-0.15, -0.1) is 0 Å². The number of likely N-dealkylation sites (tertiary alicyclic amines) is 1. The van der Waals surface area contributed by atoms with Crippen molar-refractivity contribution in [3.63, 3.8) is 0 Å². The summed E-state index contributed by atoms with van der Waals surface area (Å²) in [4.78, 5) is 33.1. The Morgan fingerprint density at radius 1 is 1.09 bits per heavy atom. The number of aliphatic hydroxyl groups excluding tert-OH is 1. The average molecular weight is 446 g/mol. The summed E-state index contributed by atoms with van der Waals surface area (Å²) in [5.41, 5.74) is 1.36. The molecular formula is C25H23N3O3S. The number of hydrogen-bond acceptors (Lipinski definition) is 5. The first-order valence-corrected chi connectivity index (χ1v) is 11.5. The largest absolute Gasteiger partial charge is 0.389 e. The second-order valence-corrected chi connectivity index (χ2v) is 9.04. The number of carbonyl (C=O) groups excluding carboxylic acids is 1. The number of hydrogen-bond donors (Lipinski definition) is 1. The lowest BCUT2D eigenvalue weighted by molar-refractivity contribution is -0.140. The Morgan fingerprint density at radius 3 is 2.41 bits per heavy atom. The van der Waals surface area contributed by atoms with Crippen LogP contribution in [0.5, 0.6) is 0 Å². The minimum Gasteiger partial charge on any atom is -0.389 e. The van der Waals surface area contributed by atoms with Crippen LogP contribution in [0.15, 0.2) is 76.7 Å². The first-order valence-electron chi connectivity index (χ1n) is 10.7. The molecule has 3 aromatic carbocycles. The minimum absolute atomic E-state index is 0.0815. The van der Waals surface area contributed by atoms with E-state index in [1.165, 1.54) is 11.8 Å². The van der Waals surface area contributed by atoms with Crippen LogP contribution in [0.25, 0.3) is 21.7 Å². The Labute approximate surface area is 189 Å². The van der Waals surface area contributed by atoms with Gasteiger partial charge in [0.2, 0.25) is 5.91 Å². The standard InChI is InChI=1S/C25H23N3O3S/c1-2-28-23(30)20-12-17-10-6-7-11-18(17)13-21(20)26-25(28)32-22(16-8-4-3-5-9-16)24(31)27-14-19(29)15-27/h3-13,19,22,29H,2,14-15H2,1H3. The van der Waals surface area contributed by atoms with Crippen molar-refractivity contribution >= 4 is 39.3 Å². The molecule has 5 rings (SSSR count). The van der Waals surface area contributed by atoms with Crippen LogP contribution in [-0.4, -0.2) is 44.7 Å². The van der Waals surface area contributed by atoms with Crippen LogP contribution >= 0.6 is 11.8 Å². The van der Waals surface area contributed by atoms with E-state index in [2.05, 4.69) is 0 Å². The van der Waals surface area contributed by atoms with E-state index in [9.17, 15) is 14.7 Å². The summed E-state index contributed by atoms with van der Waals surface area (Å²) >= 11 is 1.29. The number of carbonyl (C=O) groups is 1. The SMILES string of the molecule is CCn1c(SC(C(=O)N2CC(O)C2)c2ccccc2)nc2cc3ccccc3cc2c1=O. The number of benzene rings is 3. The fraction of sp³-hybridized carbons (Fsp3) is 0.240. The molecule has 1 atom stereocenters. The van der Waals surface area contributed by atoms with Gasteiger partial charge in [-0.3, -0.25) is 14.2 Å². The molecule has 0 radical (unpaired) electrons. The number of nitrogens with zero attached hydrogens (tertiary/aromatic N) is 3. The van der Waals surface area contributed by atoms with E-state index in [0.717, 1.165) is 16.3 Å². The van der Waals surface area contributed by atoms with Crippen molar-refractivity contribution in [3.8, 4) is 0 Å². The van der Waals surface area contributed by atoms with E-state index in [4.69, 9.17) is 4.98 Å². The average Bonchev–Trinajstić information content (AvgIpc) is 2.80. The molecule has 4 aromatic rings. The lowest BCUT2D eigenvalue weighted by Crippen LogP contribution is -2.54. The van der Waals surface area contributed by atoms with Crippen LogP contribution in [-0.2, 0) is 11.3 Å². The highest BCUT2D eigenvalue weighted by atomic mass is 32.2. The molecule has 0 spiro atoms. The van der Waals surface area contributed by atoms with Crippen LogP contribution in [0.3, 0.4) is 0 Å². The Morgan fingerprint density at radius 2 is 1.75 bits per heavy atom. The van der Waals surface area contributed by atoms with Gasteiger partial charge in [-0.05, 0) is 35.4 Å². The molecule has 1 amide bonds. The molecule has 1 N–H and O–H groups in total. The lowest BCUT2D eigenvalue weighted by atomic mass is 10.1. The van der Waals surface area contributed by atoms with Gasteiger partial charge in [-0.2, -0.15) is 0 Å². The van der Waals surface area contributed by atoms with E-state index in [1.807, 2.05) is 73.7 Å². The summed E-state index contributed by atoms with van der Waals surface area (Å²) in [6.45, 7) is 3.03. The molecule has 1 aromatic heterocycles. The number of β-amino-alcohol motifs (C(OH)–C–C–N with tert-alkyl or cyclic N) is 1. The fourth-order valence-electron chi connectivity index (χ4n) is 4.05. The summed E-state index contributed by atoms with van der Waals surface area (Å²) in [6, 6.07) is 21.2. The summed E-state index contributed by atoms with van der Waals surface area (Å²) in [5.74, 6) is -0.0815. The van der Waals surface area contributed by atoms with Crippen LogP contribution in [0.2, 0.25) is 0 Å². The van der Waals surface area contributed by atoms with Crippen LogP contribution < -0.4 is 5.56 Å². The maximum Gasteiger partial charge on any atom is 0.262 e. The van der Waals surface area contributed by atoms with E-state index in [1.54, 1.807) is 9.47 Å². The van der Waals surface area contributed by atoms with Crippen molar-refractivity contribution in [2.24, 2.45) is 0 Å². The predicted octanol–water partition coefficient (Wildman–Crippen LogP) is 3.61. The fourth-order valence-corrected chi connectivity index (χ4v) is 5.30. The number of aromatic nitrogens is 2. The van der Waals surface area contributed by atoms with Gasteiger partial charge in [0.1, 0.15) is 5.25 Å². The van der Waals surface area contributed by atoms with Crippen molar-refractivity contribution in [2.45, 2.75) is 30.0 Å². The molecule has 0 bridgehead atoms. The molecule has 6 nitrogen and oxygen atoms in total. The second-order valence-electron chi connectivity index (χ2n) is 7.97. The zero-order chi connectivity index (χ0) is 22.2. The number of fused-ring (bicyclic) bond motifs is 2. The van der Waals surface area contributed by atoms with E-state index in [0.29, 0.717) is 35.7 Å². The molecule has 1 fully saturated rings. The third-order valence-electron chi connectivity index (χ3n) is 5.83. The summed E-state index contributed by atoms with van der Waals surface area (Å²) in [5, 5.41) is 12.2. The van der Waals surface area contributed by atoms with Gasteiger partial charge in [0.05, 0.1) is 17.0 Å². The maximum atomic E-state index is 13.3. The Kier molecular flexibility index (Phi) is 5.45. The van der Waals surface area contributed by atoms with E-state index in [-0.39, 0.29) is 11.5 Å². The topological polar surface area (TPSA) is 75.4 Å². The molecule has 1 unspecified atom stereocenters. The normalized spacial score (nSPS) is 15.1. The molecule has 162 valence electrons. The zero-order valence-electron chi connectivity index (χ0n) is 17.6. The van der Waals surface area contributed by atoms with Crippen molar-refractivity contribution in [1.29, 1.82) is 0 Å². The Balaban J connectivity index is 1.61. The van der Waals surface area contributed by atoms with E-state index >= 15 is 0 Å². The van der Waals surface area contributed by atoms with Gasteiger partial charge in [0.25, 0.3) is 5.56 Å². The van der Waals surface area contributed by atoms with E-state index < -0.39 is 11.4 Å². The molecule has 1 aliphatic heterocycles. The molecular weight excluding hydrogens is 422 g/mol. The Bertz CT molecular complexity index is 1360. The molecule has 32 heavy (non-hydrogen) atoms. The number of rotatable bonds is 5. The molecule has 7 heteroatoms. The molecule has 0 saturated carbocycles. The molecule has 2 heterocycles. The minimum atomic E-state index is -0.550. The Hall–Kier alpha value is -3.16. The van der Waals surface area contributed by atoms with Gasteiger partial charge in [-0.1, -0.05) is 66.4 Å².